The van der Waals surface area contributed by atoms with E-state index in [1.54, 1.807) is 0 Å². The maximum absolute atomic E-state index is 5.70. The van der Waals surface area contributed by atoms with E-state index in [4.69, 9.17) is 4.74 Å². The monoisotopic (exact) mass is 312 g/mol. The van der Waals surface area contributed by atoms with Crippen LogP contribution in [0.3, 0.4) is 0 Å². The maximum atomic E-state index is 5.70. The Morgan fingerprint density at radius 1 is 1.39 bits per heavy atom. The molecule has 1 aliphatic heterocycles. The summed E-state index contributed by atoms with van der Waals surface area (Å²) in [5.41, 5.74) is 1.35. The van der Waals surface area contributed by atoms with Crippen molar-refractivity contribution < 1.29 is 4.74 Å². The highest BCUT2D eigenvalue weighted by Crippen LogP contribution is 2.12. The first-order chi connectivity index (χ1) is 8.74. The highest BCUT2D eigenvalue weighted by atomic mass is 79.9. The molecular weight excluding hydrogens is 292 g/mol. The topological polar surface area (TPSA) is 24.5 Å². The fourth-order valence-corrected chi connectivity index (χ4v) is 2.41. The van der Waals surface area contributed by atoms with Crippen LogP contribution in [-0.4, -0.2) is 44.3 Å². The van der Waals surface area contributed by atoms with Crippen LogP contribution in [0.4, 0.5) is 0 Å². The van der Waals surface area contributed by atoms with Gasteiger partial charge in [-0.3, -0.25) is 0 Å². The lowest BCUT2D eigenvalue weighted by atomic mass is 10.2. The molecule has 100 valence electrons. The van der Waals surface area contributed by atoms with Crippen LogP contribution in [0.1, 0.15) is 12.0 Å². The van der Waals surface area contributed by atoms with Crippen LogP contribution in [0.25, 0.3) is 0 Å². The molecule has 0 aromatic heterocycles. The van der Waals surface area contributed by atoms with Crippen molar-refractivity contribution in [3.8, 4) is 0 Å². The zero-order valence-corrected chi connectivity index (χ0v) is 12.4. The van der Waals surface area contributed by atoms with Crippen LogP contribution < -0.4 is 5.32 Å². The standard InChI is InChI=1S/C14H21BrN2O/c1-17(8-6-14-10-16-7-9-18-14)11-12-2-4-13(15)5-3-12/h2-5,14,16H,6-11H2,1H3. The number of nitrogens with one attached hydrogen (secondary N) is 1. The molecule has 1 aromatic rings. The van der Waals surface area contributed by atoms with Crippen molar-refractivity contribution in [2.45, 2.75) is 19.1 Å². The molecule has 0 saturated carbocycles. The SMILES string of the molecule is CN(CCC1CNCCO1)Cc1ccc(Br)cc1. The summed E-state index contributed by atoms with van der Waals surface area (Å²) in [6.45, 7) is 4.90. The van der Waals surface area contributed by atoms with Crippen molar-refractivity contribution >= 4 is 15.9 Å². The van der Waals surface area contributed by atoms with Gasteiger partial charge in [-0.1, -0.05) is 28.1 Å². The summed E-state index contributed by atoms with van der Waals surface area (Å²) >= 11 is 3.46. The molecule has 1 saturated heterocycles. The molecule has 1 N–H and O–H groups in total. The lowest BCUT2D eigenvalue weighted by Gasteiger charge is -2.26. The van der Waals surface area contributed by atoms with Gasteiger partial charge in [0.2, 0.25) is 0 Å². The quantitative estimate of drug-likeness (QED) is 0.902. The van der Waals surface area contributed by atoms with Crippen LogP contribution in [0.2, 0.25) is 0 Å². The second kappa shape index (κ2) is 7.24. The fourth-order valence-electron chi connectivity index (χ4n) is 2.15. The Kier molecular flexibility index (Phi) is 5.63. The number of halogens is 1. The third kappa shape index (κ3) is 4.69. The Labute approximate surface area is 118 Å². The molecule has 1 unspecified atom stereocenters. The molecule has 1 aliphatic rings. The summed E-state index contributed by atoms with van der Waals surface area (Å²) < 4.78 is 6.83. The Balaban J connectivity index is 1.71. The lowest BCUT2D eigenvalue weighted by molar-refractivity contribution is 0.0184. The molecule has 1 heterocycles. The zero-order valence-electron chi connectivity index (χ0n) is 10.9. The van der Waals surface area contributed by atoms with Gasteiger partial charge < -0.3 is 15.0 Å². The van der Waals surface area contributed by atoms with Gasteiger partial charge in [0.25, 0.3) is 0 Å². The van der Waals surface area contributed by atoms with Gasteiger partial charge in [-0.2, -0.15) is 0 Å². The van der Waals surface area contributed by atoms with E-state index in [9.17, 15) is 0 Å². The van der Waals surface area contributed by atoms with Crippen molar-refractivity contribution in [1.82, 2.24) is 10.2 Å². The van der Waals surface area contributed by atoms with E-state index in [1.807, 2.05) is 0 Å². The van der Waals surface area contributed by atoms with Gasteiger partial charge in [0, 0.05) is 30.7 Å². The number of hydrogen-bond donors (Lipinski definition) is 1. The van der Waals surface area contributed by atoms with Gasteiger partial charge in [-0.05, 0) is 31.2 Å². The van der Waals surface area contributed by atoms with Gasteiger partial charge >= 0.3 is 0 Å². The van der Waals surface area contributed by atoms with Gasteiger partial charge in [0.15, 0.2) is 0 Å². The van der Waals surface area contributed by atoms with Crippen molar-refractivity contribution in [3.63, 3.8) is 0 Å². The van der Waals surface area contributed by atoms with Gasteiger partial charge in [-0.15, -0.1) is 0 Å². The molecular formula is C14H21BrN2O. The van der Waals surface area contributed by atoms with Crippen LogP contribution in [0, 0.1) is 0 Å². The van der Waals surface area contributed by atoms with E-state index in [0.717, 1.165) is 43.7 Å². The predicted molar refractivity (Wildman–Crippen MR) is 77.7 cm³/mol. The number of benzene rings is 1. The molecule has 1 aromatic carbocycles. The second-order valence-electron chi connectivity index (χ2n) is 4.85. The molecule has 0 bridgehead atoms. The van der Waals surface area contributed by atoms with E-state index in [1.165, 1.54) is 5.56 Å². The fraction of sp³-hybridized carbons (Fsp3) is 0.571. The highest BCUT2D eigenvalue weighted by Gasteiger charge is 2.13. The summed E-state index contributed by atoms with van der Waals surface area (Å²) in [6.07, 6.45) is 1.48. The van der Waals surface area contributed by atoms with E-state index >= 15 is 0 Å². The lowest BCUT2D eigenvalue weighted by Crippen LogP contribution is -2.40. The van der Waals surface area contributed by atoms with Crippen LogP contribution >= 0.6 is 15.9 Å². The van der Waals surface area contributed by atoms with Gasteiger partial charge in [-0.25, -0.2) is 0 Å². The molecule has 3 nitrogen and oxygen atoms in total. The first-order valence-corrected chi connectivity index (χ1v) is 7.28. The summed E-state index contributed by atoms with van der Waals surface area (Å²) in [5, 5.41) is 3.37. The van der Waals surface area contributed by atoms with Crippen molar-refractivity contribution in [1.29, 1.82) is 0 Å². The third-order valence-corrected chi connectivity index (χ3v) is 3.73. The maximum Gasteiger partial charge on any atom is 0.0712 e. The predicted octanol–water partition coefficient (Wildman–Crippen LogP) is 2.26. The summed E-state index contributed by atoms with van der Waals surface area (Å²) in [6, 6.07) is 8.52. The minimum absolute atomic E-state index is 0.381. The molecule has 18 heavy (non-hydrogen) atoms. The Hall–Kier alpha value is -0.420. The second-order valence-corrected chi connectivity index (χ2v) is 5.77. The van der Waals surface area contributed by atoms with Crippen LogP contribution in [0.5, 0.6) is 0 Å². The largest absolute Gasteiger partial charge is 0.376 e. The normalized spacial score (nSPS) is 20.3. The summed E-state index contributed by atoms with van der Waals surface area (Å²) in [4.78, 5) is 2.35. The third-order valence-electron chi connectivity index (χ3n) is 3.20. The van der Waals surface area contributed by atoms with Gasteiger partial charge in [0.05, 0.1) is 12.7 Å². The van der Waals surface area contributed by atoms with Crippen LogP contribution in [0.15, 0.2) is 28.7 Å². The molecule has 1 atom stereocenters. The number of nitrogens with zero attached hydrogens (tertiary/aromatic N) is 1. The Bertz CT molecular complexity index is 349. The highest BCUT2D eigenvalue weighted by molar-refractivity contribution is 9.10. The van der Waals surface area contributed by atoms with Crippen LogP contribution in [-0.2, 0) is 11.3 Å². The number of ether oxygens (including phenoxy) is 1. The Morgan fingerprint density at radius 3 is 2.83 bits per heavy atom. The van der Waals surface area contributed by atoms with Gasteiger partial charge in [0.1, 0.15) is 0 Å². The molecule has 0 radical (unpaired) electrons. The average Bonchev–Trinajstić information content (AvgIpc) is 2.40. The molecule has 2 rings (SSSR count). The van der Waals surface area contributed by atoms with Crippen molar-refractivity contribution in [3.05, 3.63) is 34.3 Å². The molecule has 4 heteroatoms. The minimum atomic E-state index is 0.381. The first kappa shape index (κ1) is 14.0. The number of rotatable bonds is 5. The summed E-state index contributed by atoms with van der Waals surface area (Å²) in [7, 11) is 2.16. The average molecular weight is 313 g/mol. The minimum Gasteiger partial charge on any atom is -0.376 e. The van der Waals surface area contributed by atoms with E-state index in [0.29, 0.717) is 6.10 Å². The van der Waals surface area contributed by atoms with E-state index in [-0.39, 0.29) is 0 Å². The first-order valence-electron chi connectivity index (χ1n) is 6.49. The molecule has 0 spiro atoms. The van der Waals surface area contributed by atoms with E-state index in [2.05, 4.69) is 57.5 Å². The van der Waals surface area contributed by atoms with E-state index < -0.39 is 0 Å². The molecule has 1 fully saturated rings. The molecule has 0 amide bonds. The van der Waals surface area contributed by atoms with Crippen molar-refractivity contribution in [2.75, 3.05) is 33.3 Å². The smallest absolute Gasteiger partial charge is 0.0712 e. The number of morpholine rings is 1. The number of hydrogen-bond acceptors (Lipinski definition) is 3. The van der Waals surface area contributed by atoms with Crippen molar-refractivity contribution in [2.24, 2.45) is 0 Å². The Morgan fingerprint density at radius 2 is 2.17 bits per heavy atom. The molecule has 0 aliphatic carbocycles. The zero-order chi connectivity index (χ0) is 12.8. The summed E-state index contributed by atoms with van der Waals surface area (Å²) in [5.74, 6) is 0.